The number of aliphatic hydroxyl groups excluding tert-OH is 1. The first-order chi connectivity index (χ1) is 7.34. The van der Waals surface area contributed by atoms with E-state index < -0.39 is 0 Å². The highest BCUT2D eigenvalue weighted by molar-refractivity contribution is 7.11. The minimum absolute atomic E-state index is 0.337. The first-order valence-electron chi connectivity index (χ1n) is 5.72. The van der Waals surface area contributed by atoms with E-state index in [0.29, 0.717) is 5.92 Å². The number of aliphatic hydroxyl groups is 1. The average Bonchev–Trinajstić information content (AvgIpc) is 2.92. The molecular weight excluding hydrogens is 208 g/mol. The maximum Gasteiger partial charge on any atom is 0.122 e. The van der Waals surface area contributed by atoms with E-state index in [0.717, 1.165) is 30.9 Å². The van der Waals surface area contributed by atoms with Crippen molar-refractivity contribution in [1.29, 1.82) is 0 Å². The van der Waals surface area contributed by atoms with E-state index in [4.69, 9.17) is 0 Å². The van der Waals surface area contributed by atoms with Gasteiger partial charge in [-0.3, -0.25) is 0 Å². The van der Waals surface area contributed by atoms with Gasteiger partial charge in [-0.2, -0.15) is 0 Å². The van der Waals surface area contributed by atoms with Gasteiger partial charge in [0.25, 0.3) is 0 Å². The molecule has 1 aromatic heterocycles. The van der Waals surface area contributed by atoms with Gasteiger partial charge in [-0.05, 0) is 32.2 Å². The van der Waals surface area contributed by atoms with E-state index in [9.17, 15) is 5.11 Å². The molecular formula is C11H16N2OS. The molecule has 82 valence electrons. The molecule has 15 heavy (non-hydrogen) atoms. The SMILES string of the molecule is OC(c1nc2c(s1)CCC2)C1CCNC1. The number of aromatic nitrogens is 1. The van der Waals surface area contributed by atoms with Crippen molar-refractivity contribution in [2.75, 3.05) is 13.1 Å². The van der Waals surface area contributed by atoms with Crippen molar-refractivity contribution in [2.45, 2.75) is 31.8 Å². The molecule has 0 amide bonds. The molecule has 3 nitrogen and oxygen atoms in total. The third kappa shape index (κ3) is 1.71. The van der Waals surface area contributed by atoms with Gasteiger partial charge in [0, 0.05) is 17.3 Å². The van der Waals surface area contributed by atoms with Crippen LogP contribution in [0.1, 0.15) is 34.5 Å². The number of aryl methyl sites for hydroxylation is 2. The summed E-state index contributed by atoms with van der Waals surface area (Å²) in [5, 5.41) is 14.4. The molecule has 2 unspecified atom stereocenters. The predicted octanol–water partition coefficient (Wildman–Crippen LogP) is 1.27. The van der Waals surface area contributed by atoms with Gasteiger partial charge in [-0.25, -0.2) is 4.98 Å². The van der Waals surface area contributed by atoms with Crippen molar-refractivity contribution >= 4 is 11.3 Å². The van der Waals surface area contributed by atoms with E-state index in [2.05, 4.69) is 10.3 Å². The van der Waals surface area contributed by atoms with Crippen molar-refractivity contribution in [1.82, 2.24) is 10.3 Å². The lowest BCUT2D eigenvalue weighted by molar-refractivity contribution is 0.118. The predicted molar refractivity (Wildman–Crippen MR) is 60.1 cm³/mol. The molecule has 4 heteroatoms. The van der Waals surface area contributed by atoms with Gasteiger partial charge in [-0.1, -0.05) is 0 Å². The second kappa shape index (κ2) is 3.85. The third-order valence-electron chi connectivity index (χ3n) is 3.41. The van der Waals surface area contributed by atoms with Crippen LogP contribution in [0, 0.1) is 5.92 Å². The highest BCUT2D eigenvalue weighted by atomic mass is 32.1. The van der Waals surface area contributed by atoms with Crippen LogP contribution in [0.25, 0.3) is 0 Å². The maximum absolute atomic E-state index is 10.2. The number of thiazole rings is 1. The first-order valence-corrected chi connectivity index (χ1v) is 6.53. The zero-order chi connectivity index (χ0) is 10.3. The highest BCUT2D eigenvalue weighted by Gasteiger charge is 2.28. The lowest BCUT2D eigenvalue weighted by Crippen LogP contribution is -2.16. The Labute approximate surface area is 93.5 Å². The van der Waals surface area contributed by atoms with Crippen molar-refractivity contribution in [3.05, 3.63) is 15.6 Å². The minimum Gasteiger partial charge on any atom is -0.386 e. The van der Waals surface area contributed by atoms with Crippen LogP contribution in [0.2, 0.25) is 0 Å². The quantitative estimate of drug-likeness (QED) is 0.795. The summed E-state index contributed by atoms with van der Waals surface area (Å²) in [6.45, 7) is 1.97. The number of rotatable bonds is 2. The molecule has 1 aliphatic carbocycles. The number of fused-ring (bicyclic) bond motifs is 1. The van der Waals surface area contributed by atoms with Gasteiger partial charge in [0.05, 0.1) is 5.69 Å². The number of hydrogen-bond donors (Lipinski definition) is 2. The highest BCUT2D eigenvalue weighted by Crippen LogP contribution is 2.34. The molecule has 2 N–H and O–H groups in total. The second-order valence-corrected chi connectivity index (χ2v) is 5.59. The average molecular weight is 224 g/mol. The van der Waals surface area contributed by atoms with Crippen molar-refractivity contribution in [2.24, 2.45) is 5.92 Å². The fraction of sp³-hybridized carbons (Fsp3) is 0.727. The van der Waals surface area contributed by atoms with Gasteiger partial charge in [0.15, 0.2) is 0 Å². The smallest absolute Gasteiger partial charge is 0.122 e. The molecule has 1 aromatic rings. The molecule has 0 aromatic carbocycles. The Bertz CT molecular complexity index is 336. The summed E-state index contributed by atoms with van der Waals surface area (Å²) >= 11 is 1.73. The Hall–Kier alpha value is -0.450. The number of hydrogen-bond acceptors (Lipinski definition) is 4. The van der Waals surface area contributed by atoms with Gasteiger partial charge in [0.2, 0.25) is 0 Å². The molecule has 2 aliphatic rings. The fourth-order valence-electron chi connectivity index (χ4n) is 2.48. The normalized spacial score (nSPS) is 26.9. The molecule has 0 bridgehead atoms. The molecule has 3 rings (SSSR count). The van der Waals surface area contributed by atoms with Gasteiger partial charge in [-0.15, -0.1) is 11.3 Å². The monoisotopic (exact) mass is 224 g/mol. The zero-order valence-electron chi connectivity index (χ0n) is 8.70. The summed E-state index contributed by atoms with van der Waals surface area (Å²) in [7, 11) is 0. The van der Waals surface area contributed by atoms with Gasteiger partial charge in [0.1, 0.15) is 11.1 Å². The summed E-state index contributed by atoms with van der Waals surface area (Å²) in [6, 6.07) is 0. The molecule has 1 saturated heterocycles. The first kappa shape index (κ1) is 9.75. The summed E-state index contributed by atoms with van der Waals surface area (Å²) in [5.74, 6) is 0.372. The van der Waals surface area contributed by atoms with Crippen LogP contribution in [-0.2, 0) is 12.8 Å². The summed E-state index contributed by atoms with van der Waals surface area (Å²) in [5.41, 5.74) is 1.25. The van der Waals surface area contributed by atoms with Crippen LogP contribution >= 0.6 is 11.3 Å². The van der Waals surface area contributed by atoms with Crippen LogP contribution < -0.4 is 5.32 Å². The van der Waals surface area contributed by atoms with Crippen LogP contribution in [0.15, 0.2) is 0 Å². The second-order valence-electron chi connectivity index (χ2n) is 4.47. The Morgan fingerprint density at radius 2 is 2.40 bits per heavy atom. The Balaban J connectivity index is 1.79. The van der Waals surface area contributed by atoms with E-state index in [1.165, 1.54) is 23.4 Å². The molecule has 2 heterocycles. The third-order valence-corrected chi connectivity index (χ3v) is 4.64. The number of nitrogens with zero attached hydrogens (tertiary/aromatic N) is 1. The van der Waals surface area contributed by atoms with E-state index in [1.807, 2.05) is 0 Å². The summed E-state index contributed by atoms with van der Waals surface area (Å²) < 4.78 is 0. The molecule has 0 radical (unpaired) electrons. The van der Waals surface area contributed by atoms with Crippen molar-refractivity contribution in [3.63, 3.8) is 0 Å². The van der Waals surface area contributed by atoms with Crippen LogP contribution in [0.4, 0.5) is 0 Å². The van der Waals surface area contributed by atoms with E-state index in [-0.39, 0.29) is 6.10 Å². The number of nitrogens with one attached hydrogen (secondary N) is 1. The summed E-state index contributed by atoms with van der Waals surface area (Å²) in [4.78, 5) is 5.99. The summed E-state index contributed by atoms with van der Waals surface area (Å²) in [6.07, 6.45) is 4.26. The van der Waals surface area contributed by atoms with Crippen LogP contribution in [0.3, 0.4) is 0 Å². The molecule has 0 saturated carbocycles. The van der Waals surface area contributed by atoms with Crippen molar-refractivity contribution < 1.29 is 5.11 Å². The van der Waals surface area contributed by atoms with Gasteiger partial charge >= 0.3 is 0 Å². The lowest BCUT2D eigenvalue weighted by Gasteiger charge is -2.14. The molecule has 1 aliphatic heterocycles. The Morgan fingerprint density at radius 1 is 1.47 bits per heavy atom. The maximum atomic E-state index is 10.2. The molecule has 0 spiro atoms. The lowest BCUT2D eigenvalue weighted by atomic mass is 10.0. The molecule has 1 fully saturated rings. The van der Waals surface area contributed by atoms with Gasteiger partial charge < -0.3 is 10.4 Å². The fourth-order valence-corrected chi connectivity index (χ4v) is 3.72. The van der Waals surface area contributed by atoms with E-state index in [1.54, 1.807) is 11.3 Å². The Morgan fingerprint density at radius 3 is 3.13 bits per heavy atom. The van der Waals surface area contributed by atoms with Crippen molar-refractivity contribution in [3.8, 4) is 0 Å². The van der Waals surface area contributed by atoms with Crippen LogP contribution in [-0.4, -0.2) is 23.2 Å². The van der Waals surface area contributed by atoms with E-state index >= 15 is 0 Å². The standard InChI is InChI=1S/C11H16N2OS/c14-10(7-4-5-12-6-7)11-13-8-2-1-3-9(8)15-11/h7,10,12,14H,1-6H2. The topological polar surface area (TPSA) is 45.2 Å². The zero-order valence-corrected chi connectivity index (χ0v) is 9.52. The molecule has 2 atom stereocenters. The minimum atomic E-state index is -0.337. The largest absolute Gasteiger partial charge is 0.386 e. The Kier molecular flexibility index (Phi) is 2.50. The van der Waals surface area contributed by atoms with Crippen LogP contribution in [0.5, 0.6) is 0 Å².